The summed E-state index contributed by atoms with van der Waals surface area (Å²) >= 11 is 0. The summed E-state index contributed by atoms with van der Waals surface area (Å²) in [5, 5.41) is 1.89. The van der Waals surface area contributed by atoms with Crippen molar-refractivity contribution in [1.82, 2.24) is 19.5 Å². The first kappa shape index (κ1) is 37.1. The van der Waals surface area contributed by atoms with Crippen LogP contribution in [0.4, 0.5) is 5.82 Å². The lowest BCUT2D eigenvalue weighted by Gasteiger charge is -2.23. The molecule has 0 spiro atoms. The molecule has 2 aromatic heterocycles. The normalized spacial score (nSPS) is 26.3. The van der Waals surface area contributed by atoms with Gasteiger partial charge in [0.15, 0.2) is 24.0 Å². The number of nitrogens with zero attached hydrogens (tertiary/aromatic N) is 4. The molecule has 2 aliphatic heterocycles. The van der Waals surface area contributed by atoms with E-state index in [1.54, 1.807) is 6.07 Å². The van der Waals surface area contributed by atoms with Crippen LogP contribution in [0.2, 0.25) is 0 Å². The number of anilines is 1. The Morgan fingerprint density at radius 1 is 0.750 bits per heavy atom. The maximum absolute atomic E-state index is 12.8. The summed E-state index contributed by atoms with van der Waals surface area (Å²) in [5.41, 5.74) is 7.37. The number of hydrogen-bond donors (Lipinski definition) is 5. The van der Waals surface area contributed by atoms with Gasteiger partial charge in [-0.3, -0.25) is 13.7 Å². The van der Waals surface area contributed by atoms with Crippen molar-refractivity contribution in [2.24, 2.45) is 0 Å². The van der Waals surface area contributed by atoms with Gasteiger partial charge in [0.25, 0.3) is 0 Å². The van der Waals surface area contributed by atoms with Gasteiger partial charge in [-0.25, -0.2) is 33.0 Å². The van der Waals surface area contributed by atoms with Gasteiger partial charge in [0, 0.05) is 5.56 Å². The number of benzene rings is 3. The number of fused-ring (bicyclic) bond motifs is 3. The highest BCUT2D eigenvalue weighted by Crippen LogP contribution is 2.71. The number of nitrogen functional groups attached to an aromatic ring is 1. The summed E-state index contributed by atoms with van der Waals surface area (Å²) in [6.45, 7) is -0.820. The predicted octanol–water partition coefficient (Wildman–Crippen LogP) is 4.70. The highest BCUT2D eigenvalue weighted by atomic mass is 31.3. The second-order valence-electron chi connectivity index (χ2n) is 11.5. The highest BCUT2D eigenvalue weighted by molar-refractivity contribution is 7.70. The Hall–Kier alpha value is -3.25. The molecule has 24 heteroatoms. The first-order chi connectivity index (χ1) is 24.6. The van der Waals surface area contributed by atoms with Crippen molar-refractivity contribution in [3.8, 4) is 0 Å². The topological polar surface area (TPSA) is 283 Å². The third kappa shape index (κ3) is 8.27. The molecule has 0 aliphatic carbocycles. The van der Waals surface area contributed by atoms with Crippen LogP contribution in [-0.4, -0.2) is 64.0 Å². The second kappa shape index (κ2) is 14.2. The zero-order valence-corrected chi connectivity index (χ0v) is 29.9. The number of hydrogen-bond acceptors (Lipinski definition) is 15. The van der Waals surface area contributed by atoms with E-state index >= 15 is 0 Å². The molecule has 20 nitrogen and oxygen atoms in total. The van der Waals surface area contributed by atoms with Gasteiger partial charge in [0.2, 0.25) is 0 Å². The lowest BCUT2D eigenvalue weighted by Crippen LogP contribution is -2.31. The number of imidazole rings is 1. The molecule has 3 aromatic carbocycles. The van der Waals surface area contributed by atoms with Crippen LogP contribution in [0.1, 0.15) is 23.6 Å². The van der Waals surface area contributed by atoms with E-state index in [9.17, 15) is 37.8 Å². The molecule has 52 heavy (non-hydrogen) atoms. The molecule has 276 valence electrons. The van der Waals surface area contributed by atoms with Gasteiger partial charge in [-0.1, -0.05) is 66.7 Å². The average Bonchev–Trinajstić information content (AvgIpc) is 3.77. The fraction of sp³-hybridized carbons (Fsp3) is 0.250. The smallest absolute Gasteiger partial charge is 0.382 e. The van der Waals surface area contributed by atoms with Gasteiger partial charge in [0.05, 0.1) is 19.1 Å². The first-order valence-electron chi connectivity index (χ1n) is 15.1. The maximum atomic E-state index is 12.8. The monoisotopic (exact) mass is 799 g/mol. The molecule has 7 rings (SSSR count). The van der Waals surface area contributed by atoms with Gasteiger partial charge in [-0.2, -0.15) is 8.62 Å². The van der Waals surface area contributed by atoms with E-state index in [-0.39, 0.29) is 22.5 Å². The van der Waals surface area contributed by atoms with Crippen LogP contribution in [0.15, 0.2) is 85.5 Å². The van der Waals surface area contributed by atoms with Crippen molar-refractivity contribution in [2.75, 3.05) is 12.3 Å². The molecule has 0 amide bonds. The maximum Gasteiger partial charge on any atom is 0.490 e. The number of rotatable bonds is 13. The fourth-order valence-corrected chi connectivity index (χ4v) is 11.3. The molecule has 2 saturated heterocycles. The lowest BCUT2D eigenvalue weighted by molar-refractivity contribution is -0.152. The summed E-state index contributed by atoms with van der Waals surface area (Å²) < 4.78 is 87.7. The Bertz CT molecular complexity index is 2320. The van der Waals surface area contributed by atoms with E-state index in [1.165, 1.54) is 41.5 Å². The van der Waals surface area contributed by atoms with Crippen LogP contribution in [0.5, 0.6) is 0 Å². The predicted molar refractivity (Wildman–Crippen MR) is 179 cm³/mol. The van der Waals surface area contributed by atoms with Crippen LogP contribution in [0.25, 0.3) is 21.9 Å². The van der Waals surface area contributed by atoms with E-state index in [4.69, 9.17) is 24.5 Å². The molecule has 0 bridgehead atoms. The molecule has 0 radical (unpaired) electrons. The third-order valence-corrected chi connectivity index (χ3v) is 14.2. The fourth-order valence-electron chi connectivity index (χ4n) is 5.75. The molecule has 9 atom stereocenters. The second-order valence-corrected chi connectivity index (χ2v) is 18.1. The van der Waals surface area contributed by atoms with E-state index in [0.29, 0.717) is 5.56 Å². The van der Waals surface area contributed by atoms with Gasteiger partial charge in [0.1, 0.15) is 30.2 Å². The highest BCUT2D eigenvalue weighted by Gasteiger charge is 2.55. The first-order valence-corrected chi connectivity index (χ1v) is 21.3. The molecule has 5 aromatic rings. The molecular weight excluding hydrogens is 770 g/mol. The molecule has 2 aliphatic rings. The van der Waals surface area contributed by atoms with Crippen molar-refractivity contribution >= 4 is 58.8 Å². The Morgan fingerprint density at radius 2 is 1.42 bits per heavy atom. The molecular formula is C28H29N5O15P4. The van der Waals surface area contributed by atoms with Crippen molar-refractivity contribution in [3.63, 3.8) is 0 Å². The van der Waals surface area contributed by atoms with Crippen molar-refractivity contribution in [1.29, 1.82) is 0 Å². The Labute approximate surface area is 293 Å². The van der Waals surface area contributed by atoms with Crippen LogP contribution in [0.3, 0.4) is 0 Å². The third-order valence-electron chi connectivity index (χ3n) is 7.82. The number of phosphoric acid groups is 3. The van der Waals surface area contributed by atoms with Crippen molar-refractivity contribution in [2.45, 2.75) is 37.0 Å². The zero-order chi connectivity index (χ0) is 36.9. The minimum Gasteiger partial charge on any atom is -0.382 e. The Balaban J connectivity index is 1.06. The Morgan fingerprint density at radius 3 is 2.19 bits per heavy atom. The summed E-state index contributed by atoms with van der Waals surface area (Å²) in [4.78, 5) is 52.8. The van der Waals surface area contributed by atoms with E-state index in [0.717, 1.165) is 10.8 Å². The van der Waals surface area contributed by atoms with E-state index in [2.05, 4.69) is 27.9 Å². The molecule has 4 heterocycles. The summed E-state index contributed by atoms with van der Waals surface area (Å²) in [7, 11) is -22.4. The SMILES string of the molecule is Nc1ncnc2c1ncn2C1OC(COP(=O)(O)OP(=O)(O)OP(=O)(O)OP(=O)(O)Cc2ccccc2)C2OC(c3ccc4ccccc4c3)OC21. The minimum atomic E-state index is -5.99. The number of aromatic nitrogens is 4. The summed E-state index contributed by atoms with van der Waals surface area (Å²) in [5.74, 6) is 0.0978. The molecule has 0 saturated carbocycles. The average molecular weight is 799 g/mol. The summed E-state index contributed by atoms with van der Waals surface area (Å²) in [6.07, 6.45) is -3.20. The van der Waals surface area contributed by atoms with Crippen LogP contribution < -0.4 is 5.73 Å². The largest absolute Gasteiger partial charge is 0.490 e. The van der Waals surface area contributed by atoms with Gasteiger partial charge >= 0.3 is 31.1 Å². The van der Waals surface area contributed by atoms with Gasteiger partial charge in [-0.05, 0) is 22.4 Å². The lowest BCUT2D eigenvalue weighted by atomic mass is 10.1. The van der Waals surface area contributed by atoms with Crippen molar-refractivity contribution < 1.29 is 69.5 Å². The van der Waals surface area contributed by atoms with Gasteiger partial charge < -0.3 is 39.5 Å². The van der Waals surface area contributed by atoms with E-state index in [1.807, 2.05) is 42.5 Å². The van der Waals surface area contributed by atoms with Gasteiger partial charge in [-0.15, -0.1) is 0 Å². The van der Waals surface area contributed by atoms with Crippen LogP contribution in [-0.2, 0) is 56.1 Å². The van der Waals surface area contributed by atoms with E-state index < -0.39 is 74.7 Å². The van der Waals surface area contributed by atoms with Crippen LogP contribution in [0, 0.1) is 0 Å². The summed E-state index contributed by atoms with van der Waals surface area (Å²) in [6, 6.07) is 20.7. The quantitative estimate of drug-likeness (QED) is 0.101. The van der Waals surface area contributed by atoms with Crippen molar-refractivity contribution in [3.05, 3.63) is 96.6 Å². The van der Waals surface area contributed by atoms with Crippen LogP contribution >= 0.6 is 31.1 Å². The standard InChI is InChI=1S/C28H29N5O15P4/c29-25-22-26(31-15-30-25)33(16-32-22)27-24-23(44-28(45-24)20-11-10-18-8-4-5-9-19(18)12-20)21(43-27)13-42-50(36,37)47-52(40,41)48-51(38,39)46-49(34,35)14-17-6-2-1-3-7-17/h1-12,15-16,21,23-24,27-28H,13-14H2,(H,34,35)(H,36,37)(H,38,39)(H,40,41)(H2,29,30,31). The minimum absolute atomic E-state index is 0.0978. The zero-order valence-electron chi connectivity index (χ0n) is 26.3. The molecule has 6 N–H and O–H groups in total. The molecule has 9 unspecified atom stereocenters. The Kier molecular flexibility index (Phi) is 10.1. The number of nitrogens with two attached hydrogens (primary N) is 1. The number of phosphoric ester groups is 1. The molecule has 2 fully saturated rings. The number of ether oxygens (including phenoxy) is 3.